The van der Waals surface area contributed by atoms with Gasteiger partial charge in [-0.05, 0) is 19.9 Å². The molecule has 0 bridgehead atoms. The van der Waals surface area contributed by atoms with Gasteiger partial charge in [-0.2, -0.15) is 0 Å². The lowest BCUT2D eigenvalue weighted by atomic mass is 10.2. The summed E-state index contributed by atoms with van der Waals surface area (Å²) in [5.74, 6) is 0. The predicted octanol–water partition coefficient (Wildman–Crippen LogP) is 0.664. The number of rotatable bonds is 10. The molecule has 0 saturated carbocycles. The fraction of sp³-hybridized carbons (Fsp3) is 1.00. The minimum atomic E-state index is 0.419. The Bertz CT molecular complexity index is 112. The molecule has 0 aliphatic rings. The first-order valence-electron chi connectivity index (χ1n) is 5.08. The topological polar surface area (TPSA) is 39.7 Å². The maximum atomic E-state index is 5.43. The normalized spacial score (nSPS) is 13.1. The lowest BCUT2D eigenvalue weighted by Gasteiger charge is -2.15. The second kappa shape index (κ2) is 10.9. The highest BCUT2D eigenvalue weighted by atomic mass is 16.5. The Balaban J connectivity index is 3.28. The zero-order valence-electron chi connectivity index (χ0n) is 9.54. The van der Waals surface area contributed by atoms with E-state index in [1.807, 2.05) is 7.05 Å². The van der Waals surface area contributed by atoms with Crippen molar-refractivity contribution in [3.63, 3.8) is 0 Å². The van der Waals surface area contributed by atoms with E-state index >= 15 is 0 Å². The van der Waals surface area contributed by atoms with Crippen LogP contribution in [0.3, 0.4) is 0 Å². The highest BCUT2D eigenvalue weighted by molar-refractivity contribution is 4.62. The van der Waals surface area contributed by atoms with E-state index in [0.717, 1.165) is 26.1 Å². The van der Waals surface area contributed by atoms with Crippen molar-refractivity contribution in [3.8, 4) is 0 Å². The molecule has 0 aliphatic carbocycles. The maximum Gasteiger partial charge on any atom is 0.0701 e. The molecule has 0 amide bonds. The summed E-state index contributed by atoms with van der Waals surface area (Å²) in [5.41, 5.74) is 0. The number of likely N-dealkylation sites (N-methyl/N-ethyl adjacent to an activating group) is 1. The summed E-state index contributed by atoms with van der Waals surface area (Å²) < 4.78 is 15.3. The molecule has 4 heteroatoms. The van der Waals surface area contributed by atoms with Crippen LogP contribution in [0.15, 0.2) is 0 Å². The van der Waals surface area contributed by atoms with Crippen molar-refractivity contribution in [3.05, 3.63) is 0 Å². The van der Waals surface area contributed by atoms with Crippen LogP contribution in [0.4, 0.5) is 0 Å². The van der Waals surface area contributed by atoms with Gasteiger partial charge in [0.1, 0.15) is 0 Å². The number of nitrogens with one attached hydrogen (secondary N) is 1. The van der Waals surface area contributed by atoms with Gasteiger partial charge in [0.2, 0.25) is 0 Å². The molecular weight excluding hydrogens is 182 g/mol. The SMILES string of the molecule is CNC(CCCOC)COCCOC. The van der Waals surface area contributed by atoms with E-state index in [1.165, 1.54) is 0 Å². The van der Waals surface area contributed by atoms with Crippen LogP contribution in [0.2, 0.25) is 0 Å². The van der Waals surface area contributed by atoms with Gasteiger partial charge < -0.3 is 19.5 Å². The zero-order valence-corrected chi connectivity index (χ0v) is 9.54. The number of ether oxygens (including phenoxy) is 3. The molecule has 0 heterocycles. The molecule has 0 aromatic carbocycles. The lowest BCUT2D eigenvalue weighted by Crippen LogP contribution is -2.31. The Hall–Kier alpha value is -0.160. The average molecular weight is 205 g/mol. The van der Waals surface area contributed by atoms with Crippen molar-refractivity contribution in [1.82, 2.24) is 5.32 Å². The second-order valence-corrected chi connectivity index (χ2v) is 3.19. The molecule has 14 heavy (non-hydrogen) atoms. The van der Waals surface area contributed by atoms with E-state index in [1.54, 1.807) is 14.2 Å². The summed E-state index contributed by atoms with van der Waals surface area (Å²) in [5, 5.41) is 3.22. The minimum Gasteiger partial charge on any atom is -0.385 e. The van der Waals surface area contributed by atoms with Crippen molar-refractivity contribution in [2.45, 2.75) is 18.9 Å². The van der Waals surface area contributed by atoms with Gasteiger partial charge in [-0.1, -0.05) is 0 Å². The van der Waals surface area contributed by atoms with Crippen LogP contribution in [0.5, 0.6) is 0 Å². The molecule has 1 atom stereocenters. The zero-order chi connectivity index (χ0) is 10.6. The fourth-order valence-electron chi connectivity index (χ4n) is 1.15. The average Bonchev–Trinajstić information content (AvgIpc) is 2.22. The molecule has 0 aromatic heterocycles. The van der Waals surface area contributed by atoms with Gasteiger partial charge in [0.05, 0.1) is 19.8 Å². The summed E-state index contributed by atoms with van der Waals surface area (Å²) >= 11 is 0. The summed E-state index contributed by atoms with van der Waals surface area (Å²) in [4.78, 5) is 0. The predicted molar refractivity (Wildman–Crippen MR) is 56.7 cm³/mol. The Kier molecular flexibility index (Phi) is 10.8. The Morgan fingerprint density at radius 3 is 2.36 bits per heavy atom. The molecule has 0 aromatic rings. The molecule has 0 radical (unpaired) electrons. The van der Waals surface area contributed by atoms with Gasteiger partial charge in [0.25, 0.3) is 0 Å². The second-order valence-electron chi connectivity index (χ2n) is 3.19. The van der Waals surface area contributed by atoms with Gasteiger partial charge in [0.15, 0.2) is 0 Å². The first-order valence-corrected chi connectivity index (χ1v) is 5.08. The monoisotopic (exact) mass is 205 g/mol. The lowest BCUT2D eigenvalue weighted by molar-refractivity contribution is 0.0570. The number of methoxy groups -OCH3 is 2. The maximum absolute atomic E-state index is 5.43. The highest BCUT2D eigenvalue weighted by Crippen LogP contribution is 1.97. The van der Waals surface area contributed by atoms with Gasteiger partial charge in [-0.3, -0.25) is 0 Å². The Morgan fingerprint density at radius 1 is 1.07 bits per heavy atom. The van der Waals surface area contributed by atoms with Crippen molar-refractivity contribution in [2.24, 2.45) is 0 Å². The van der Waals surface area contributed by atoms with Crippen LogP contribution in [0.25, 0.3) is 0 Å². The van der Waals surface area contributed by atoms with Crippen LogP contribution >= 0.6 is 0 Å². The molecule has 0 saturated heterocycles. The molecule has 0 fully saturated rings. The summed E-state index contributed by atoms with van der Waals surface area (Å²) in [6, 6.07) is 0.419. The number of hydrogen-bond acceptors (Lipinski definition) is 4. The molecule has 0 rings (SSSR count). The van der Waals surface area contributed by atoms with Gasteiger partial charge in [-0.15, -0.1) is 0 Å². The third kappa shape index (κ3) is 8.44. The van der Waals surface area contributed by atoms with Crippen molar-refractivity contribution < 1.29 is 14.2 Å². The largest absolute Gasteiger partial charge is 0.385 e. The molecule has 1 unspecified atom stereocenters. The molecule has 1 N–H and O–H groups in total. The van der Waals surface area contributed by atoms with E-state index < -0.39 is 0 Å². The first-order chi connectivity index (χ1) is 6.85. The van der Waals surface area contributed by atoms with Crippen LogP contribution < -0.4 is 5.32 Å². The molecule has 0 aliphatic heterocycles. The van der Waals surface area contributed by atoms with E-state index in [0.29, 0.717) is 19.3 Å². The van der Waals surface area contributed by atoms with Crippen molar-refractivity contribution in [2.75, 3.05) is 47.7 Å². The van der Waals surface area contributed by atoms with Crippen LogP contribution in [0.1, 0.15) is 12.8 Å². The van der Waals surface area contributed by atoms with E-state index in [9.17, 15) is 0 Å². The molecular formula is C10H23NO3. The van der Waals surface area contributed by atoms with Crippen LogP contribution in [0, 0.1) is 0 Å². The van der Waals surface area contributed by atoms with Crippen LogP contribution in [-0.2, 0) is 14.2 Å². The first kappa shape index (κ1) is 13.8. The van der Waals surface area contributed by atoms with Crippen molar-refractivity contribution >= 4 is 0 Å². The van der Waals surface area contributed by atoms with Crippen LogP contribution in [-0.4, -0.2) is 53.7 Å². The Morgan fingerprint density at radius 2 is 1.79 bits per heavy atom. The summed E-state index contributed by atoms with van der Waals surface area (Å²) in [7, 11) is 5.36. The van der Waals surface area contributed by atoms with Gasteiger partial charge in [-0.25, -0.2) is 0 Å². The fourth-order valence-corrected chi connectivity index (χ4v) is 1.15. The third-order valence-electron chi connectivity index (χ3n) is 2.06. The smallest absolute Gasteiger partial charge is 0.0701 e. The quantitative estimate of drug-likeness (QED) is 0.532. The van der Waals surface area contributed by atoms with Gasteiger partial charge in [0, 0.05) is 26.9 Å². The summed E-state index contributed by atoms with van der Waals surface area (Å²) in [6.07, 6.45) is 2.15. The molecule has 86 valence electrons. The minimum absolute atomic E-state index is 0.419. The third-order valence-corrected chi connectivity index (χ3v) is 2.06. The number of hydrogen-bond donors (Lipinski definition) is 1. The standard InChI is InChI=1S/C10H23NO3/c1-11-10(5-4-6-12-2)9-14-8-7-13-3/h10-11H,4-9H2,1-3H3. The van der Waals surface area contributed by atoms with Crippen molar-refractivity contribution in [1.29, 1.82) is 0 Å². The highest BCUT2D eigenvalue weighted by Gasteiger charge is 2.05. The van der Waals surface area contributed by atoms with E-state index in [2.05, 4.69) is 5.32 Å². The Labute approximate surface area is 86.9 Å². The summed E-state index contributed by atoms with van der Waals surface area (Å²) in [6.45, 7) is 2.88. The van der Waals surface area contributed by atoms with E-state index in [4.69, 9.17) is 14.2 Å². The molecule has 4 nitrogen and oxygen atoms in total. The van der Waals surface area contributed by atoms with E-state index in [-0.39, 0.29) is 0 Å². The molecule has 0 spiro atoms. The van der Waals surface area contributed by atoms with Gasteiger partial charge >= 0.3 is 0 Å².